The number of aromatic hydroxyl groups is 1. The monoisotopic (exact) mass is 261 g/mol. The Hall–Kier alpha value is -2.08. The Bertz CT molecular complexity index is 576. The van der Waals surface area contributed by atoms with E-state index in [0.29, 0.717) is 17.5 Å². The number of benzene rings is 1. The second-order valence-corrected chi connectivity index (χ2v) is 4.49. The molecule has 3 rings (SSSR count). The van der Waals surface area contributed by atoms with Crippen LogP contribution in [0, 0.1) is 0 Å². The van der Waals surface area contributed by atoms with E-state index in [1.54, 1.807) is 18.2 Å². The van der Waals surface area contributed by atoms with Crippen LogP contribution >= 0.6 is 0 Å². The van der Waals surface area contributed by atoms with Gasteiger partial charge in [0.05, 0.1) is 13.2 Å². The molecular weight excluding hydrogens is 246 g/mol. The summed E-state index contributed by atoms with van der Waals surface area (Å²) < 4.78 is 10.3. The molecule has 2 aromatic rings. The first-order valence-corrected chi connectivity index (χ1v) is 6.22. The van der Waals surface area contributed by atoms with Crippen LogP contribution in [0.2, 0.25) is 0 Å². The minimum atomic E-state index is 0.0902. The van der Waals surface area contributed by atoms with Crippen molar-refractivity contribution in [3.05, 3.63) is 24.1 Å². The lowest BCUT2D eigenvalue weighted by atomic mass is 10.2. The fourth-order valence-electron chi connectivity index (χ4n) is 2.21. The number of nitrogens with zero attached hydrogens (tertiary/aromatic N) is 2. The van der Waals surface area contributed by atoms with Crippen LogP contribution < -0.4 is 10.1 Å². The van der Waals surface area contributed by atoms with Crippen molar-refractivity contribution in [2.24, 2.45) is 0 Å². The number of hydrogen-bond donors (Lipinski definition) is 2. The van der Waals surface area contributed by atoms with Gasteiger partial charge in [-0.05, 0) is 37.6 Å². The molecule has 1 aromatic carbocycles. The Kier molecular flexibility index (Phi) is 3.08. The van der Waals surface area contributed by atoms with Gasteiger partial charge in [0.1, 0.15) is 0 Å². The Morgan fingerprint density at radius 1 is 1.47 bits per heavy atom. The number of nitrogens with one attached hydrogen (secondary N) is 1. The largest absolute Gasteiger partial charge is 0.504 e. The summed E-state index contributed by atoms with van der Waals surface area (Å²) in [4.78, 5) is 4.39. The number of aromatic nitrogens is 2. The fourth-order valence-corrected chi connectivity index (χ4v) is 2.21. The number of phenols is 1. The first kappa shape index (κ1) is 12.0. The number of rotatable bonds is 3. The zero-order valence-corrected chi connectivity index (χ0v) is 10.6. The molecule has 0 saturated carbocycles. The summed E-state index contributed by atoms with van der Waals surface area (Å²) in [5.41, 5.74) is 0.752. The number of ether oxygens (including phenoxy) is 1. The van der Waals surface area contributed by atoms with Crippen molar-refractivity contribution < 1.29 is 14.4 Å². The zero-order chi connectivity index (χ0) is 13.2. The van der Waals surface area contributed by atoms with Crippen molar-refractivity contribution in [3.8, 4) is 22.9 Å². The predicted octanol–water partition coefficient (Wildman–Crippen LogP) is 1.88. The summed E-state index contributed by atoms with van der Waals surface area (Å²) in [6.07, 6.45) is 2.13. The number of hydrogen-bond acceptors (Lipinski definition) is 6. The molecule has 1 atom stereocenters. The molecule has 1 aromatic heterocycles. The standard InChI is InChI=1S/C13H15N3O3/c1-18-11-7-8(4-5-10(11)17)12-15-13(19-16-12)9-3-2-6-14-9/h4-5,7,9,14,17H,2-3,6H2,1H3. The average Bonchev–Trinajstić information content (AvgIpc) is 3.10. The van der Waals surface area contributed by atoms with E-state index in [1.165, 1.54) is 7.11 Å². The van der Waals surface area contributed by atoms with Crippen LogP contribution in [0.3, 0.4) is 0 Å². The molecule has 6 nitrogen and oxygen atoms in total. The van der Waals surface area contributed by atoms with E-state index in [9.17, 15) is 5.11 Å². The van der Waals surface area contributed by atoms with Gasteiger partial charge in [-0.25, -0.2) is 0 Å². The Balaban J connectivity index is 1.89. The molecule has 1 aliphatic rings. The molecule has 1 unspecified atom stereocenters. The van der Waals surface area contributed by atoms with Crippen molar-refractivity contribution in [1.82, 2.24) is 15.5 Å². The van der Waals surface area contributed by atoms with Crippen LogP contribution in [0.1, 0.15) is 24.8 Å². The molecule has 19 heavy (non-hydrogen) atoms. The van der Waals surface area contributed by atoms with Crippen molar-refractivity contribution >= 4 is 0 Å². The van der Waals surface area contributed by atoms with Gasteiger partial charge in [0, 0.05) is 5.56 Å². The summed E-state index contributed by atoms with van der Waals surface area (Å²) in [7, 11) is 1.50. The first-order valence-electron chi connectivity index (χ1n) is 6.22. The molecule has 2 heterocycles. The van der Waals surface area contributed by atoms with Crippen molar-refractivity contribution in [1.29, 1.82) is 0 Å². The third-order valence-electron chi connectivity index (χ3n) is 3.24. The number of methoxy groups -OCH3 is 1. The molecule has 6 heteroatoms. The van der Waals surface area contributed by atoms with Crippen LogP contribution in [0.4, 0.5) is 0 Å². The van der Waals surface area contributed by atoms with Gasteiger partial charge in [0.25, 0.3) is 0 Å². The highest BCUT2D eigenvalue weighted by Gasteiger charge is 2.22. The summed E-state index contributed by atoms with van der Waals surface area (Å²) in [5.74, 6) is 1.59. The Morgan fingerprint density at radius 2 is 2.37 bits per heavy atom. The highest BCUT2D eigenvalue weighted by molar-refractivity contribution is 5.60. The molecule has 0 aliphatic carbocycles. The molecule has 1 fully saturated rings. The zero-order valence-electron chi connectivity index (χ0n) is 10.6. The Labute approximate surface area is 110 Å². The average molecular weight is 261 g/mol. The fraction of sp³-hybridized carbons (Fsp3) is 0.385. The second kappa shape index (κ2) is 4.89. The Morgan fingerprint density at radius 3 is 3.11 bits per heavy atom. The van der Waals surface area contributed by atoms with Gasteiger partial charge in [0.15, 0.2) is 11.5 Å². The highest BCUT2D eigenvalue weighted by atomic mass is 16.5. The summed E-state index contributed by atoms with van der Waals surface area (Å²) >= 11 is 0. The molecule has 100 valence electrons. The van der Waals surface area contributed by atoms with Crippen molar-refractivity contribution in [3.63, 3.8) is 0 Å². The van der Waals surface area contributed by atoms with E-state index in [4.69, 9.17) is 9.26 Å². The van der Waals surface area contributed by atoms with E-state index in [1.807, 2.05) is 0 Å². The summed E-state index contributed by atoms with van der Waals surface area (Å²) in [6, 6.07) is 5.12. The van der Waals surface area contributed by atoms with Crippen LogP contribution in [0.25, 0.3) is 11.4 Å². The molecule has 0 radical (unpaired) electrons. The van der Waals surface area contributed by atoms with Crippen LogP contribution in [0.5, 0.6) is 11.5 Å². The van der Waals surface area contributed by atoms with Gasteiger partial charge in [-0.1, -0.05) is 5.16 Å². The molecule has 0 bridgehead atoms. The lowest BCUT2D eigenvalue weighted by Gasteiger charge is -2.04. The highest BCUT2D eigenvalue weighted by Crippen LogP contribution is 2.31. The topological polar surface area (TPSA) is 80.4 Å². The van der Waals surface area contributed by atoms with E-state index < -0.39 is 0 Å². The summed E-state index contributed by atoms with van der Waals surface area (Å²) in [5, 5.41) is 16.8. The minimum absolute atomic E-state index is 0.0902. The van der Waals surface area contributed by atoms with Gasteiger partial charge in [-0.15, -0.1) is 0 Å². The molecule has 1 saturated heterocycles. The minimum Gasteiger partial charge on any atom is -0.504 e. The van der Waals surface area contributed by atoms with Crippen molar-refractivity contribution in [2.45, 2.75) is 18.9 Å². The van der Waals surface area contributed by atoms with Crippen LogP contribution in [0.15, 0.2) is 22.7 Å². The van der Waals surface area contributed by atoms with E-state index in [0.717, 1.165) is 24.9 Å². The molecule has 0 amide bonds. The third-order valence-corrected chi connectivity index (χ3v) is 3.24. The summed E-state index contributed by atoms with van der Waals surface area (Å²) in [6.45, 7) is 0.982. The van der Waals surface area contributed by atoms with Gasteiger partial charge < -0.3 is 19.7 Å². The van der Waals surface area contributed by atoms with E-state index in [-0.39, 0.29) is 11.8 Å². The lowest BCUT2D eigenvalue weighted by molar-refractivity contribution is 0.345. The number of phenolic OH excluding ortho intramolecular Hbond substituents is 1. The SMILES string of the molecule is COc1cc(-c2noc(C3CCCN3)n2)ccc1O. The predicted molar refractivity (Wildman–Crippen MR) is 67.9 cm³/mol. The van der Waals surface area contributed by atoms with Crippen LogP contribution in [-0.4, -0.2) is 28.9 Å². The maximum atomic E-state index is 9.56. The van der Waals surface area contributed by atoms with E-state index >= 15 is 0 Å². The lowest BCUT2D eigenvalue weighted by Crippen LogP contribution is -2.12. The van der Waals surface area contributed by atoms with Gasteiger partial charge in [-0.2, -0.15) is 4.98 Å². The van der Waals surface area contributed by atoms with Crippen molar-refractivity contribution in [2.75, 3.05) is 13.7 Å². The normalized spacial score (nSPS) is 18.7. The quantitative estimate of drug-likeness (QED) is 0.878. The second-order valence-electron chi connectivity index (χ2n) is 4.49. The smallest absolute Gasteiger partial charge is 0.244 e. The third kappa shape index (κ3) is 2.26. The van der Waals surface area contributed by atoms with Gasteiger partial charge in [0.2, 0.25) is 11.7 Å². The molecule has 2 N–H and O–H groups in total. The van der Waals surface area contributed by atoms with Gasteiger partial charge in [-0.3, -0.25) is 0 Å². The van der Waals surface area contributed by atoms with Gasteiger partial charge >= 0.3 is 0 Å². The maximum absolute atomic E-state index is 9.56. The first-order chi connectivity index (χ1) is 9.28. The maximum Gasteiger partial charge on any atom is 0.244 e. The molecular formula is C13H15N3O3. The van der Waals surface area contributed by atoms with Crippen LogP contribution in [-0.2, 0) is 0 Å². The molecule has 1 aliphatic heterocycles. The van der Waals surface area contributed by atoms with E-state index in [2.05, 4.69) is 15.5 Å². The molecule has 0 spiro atoms.